The Balaban J connectivity index is 1.73. The predicted octanol–water partition coefficient (Wildman–Crippen LogP) is 3.88. The lowest BCUT2D eigenvalue weighted by Crippen LogP contribution is -2.26. The summed E-state index contributed by atoms with van der Waals surface area (Å²) in [5.41, 5.74) is 0.686. The maximum absolute atomic E-state index is 13.7. The third-order valence-electron chi connectivity index (χ3n) is 3.93. The number of carbonyl (C=O) groups excluding carboxylic acids is 1. The van der Waals surface area contributed by atoms with Crippen molar-refractivity contribution in [3.05, 3.63) is 53.8 Å². The van der Waals surface area contributed by atoms with Crippen LogP contribution in [0.3, 0.4) is 0 Å². The highest BCUT2D eigenvalue weighted by Gasteiger charge is 2.12. The second kappa shape index (κ2) is 9.65. The Kier molecular flexibility index (Phi) is 7.26. The Morgan fingerprint density at radius 1 is 1.08 bits per heavy atom. The highest BCUT2D eigenvalue weighted by atomic mass is 19.1. The number of ether oxygens (including phenoxy) is 3. The second-order valence-corrected chi connectivity index (χ2v) is 5.81. The van der Waals surface area contributed by atoms with E-state index in [0.29, 0.717) is 25.0 Å². The highest BCUT2D eigenvalue weighted by molar-refractivity contribution is 5.76. The number of hydrogen-bond acceptors (Lipinski definition) is 4. The Bertz CT molecular complexity index is 718. The van der Waals surface area contributed by atoms with Crippen molar-refractivity contribution in [1.29, 1.82) is 0 Å². The predicted molar refractivity (Wildman–Crippen MR) is 97.2 cm³/mol. The first-order chi connectivity index (χ1) is 12.5. The fraction of sp³-hybridized carbons (Fsp3) is 0.350. The molecule has 0 bridgehead atoms. The molecule has 2 aromatic carbocycles. The van der Waals surface area contributed by atoms with Crippen molar-refractivity contribution in [3.8, 4) is 17.2 Å². The van der Waals surface area contributed by atoms with E-state index < -0.39 is 5.82 Å². The summed E-state index contributed by atoms with van der Waals surface area (Å²) >= 11 is 0. The average molecular weight is 361 g/mol. The lowest BCUT2D eigenvalue weighted by Gasteiger charge is -2.15. The van der Waals surface area contributed by atoms with Gasteiger partial charge in [0.05, 0.1) is 26.9 Å². The molecule has 0 aliphatic rings. The monoisotopic (exact) mass is 361 g/mol. The van der Waals surface area contributed by atoms with Gasteiger partial charge in [0.15, 0.2) is 11.6 Å². The van der Waals surface area contributed by atoms with E-state index in [1.165, 1.54) is 13.2 Å². The van der Waals surface area contributed by atoms with Gasteiger partial charge in [-0.3, -0.25) is 4.79 Å². The summed E-state index contributed by atoms with van der Waals surface area (Å²) in [5.74, 6) is 1.13. The quantitative estimate of drug-likeness (QED) is 0.689. The van der Waals surface area contributed by atoms with Gasteiger partial charge in [0.2, 0.25) is 5.91 Å². The van der Waals surface area contributed by atoms with Crippen LogP contribution in [0, 0.1) is 5.82 Å². The zero-order valence-corrected chi connectivity index (χ0v) is 15.3. The fourth-order valence-electron chi connectivity index (χ4n) is 2.44. The molecule has 0 heterocycles. The topological polar surface area (TPSA) is 56.8 Å². The van der Waals surface area contributed by atoms with Gasteiger partial charge in [-0.1, -0.05) is 6.07 Å². The zero-order valence-electron chi connectivity index (χ0n) is 15.3. The first kappa shape index (κ1) is 19.6. The molecule has 0 fully saturated rings. The minimum atomic E-state index is -0.445. The SMILES string of the molecule is COc1ccc(OCCCC(=O)NC(C)c2ccc(OC)c(F)c2)cc1. The lowest BCUT2D eigenvalue weighted by atomic mass is 10.1. The van der Waals surface area contributed by atoms with Gasteiger partial charge in [-0.15, -0.1) is 0 Å². The van der Waals surface area contributed by atoms with Gasteiger partial charge in [0.25, 0.3) is 0 Å². The van der Waals surface area contributed by atoms with Crippen LogP contribution in [0.5, 0.6) is 17.2 Å². The van der Waals surface area contributed by atoms with Crippen molar-refractivity contribution in [2.45, 2.75) is 25.8 Å². The Labute approximate surface area is 153 Å². The fourth-order valence-corrected chi connectivity index (χ4v) is 2.44. The highest BCUT2D eigenvalue weighted by Crippen LogP contribution is 2.22. The van der Waals surface area contributed by atoms with Crippen molar-refractivity contribution >= 4 is 5.91 Å². The normalized spacial score (nSPS) is 11.5. The van der Waals surface area contributed by atoms with Crippen LogP contribution in [0.15, 0.2) is 42.5 Å². The van der Waals surface area contributed by atoms with E-state index in [0.717, 1.165) is 11.5 Å². The molecule has 0 radical (unpaired) electrons. The number of benzene rings is 2. The summed E-state index contributed by atoms with van der Waals surface area (Å²) in [6.07, 6.45) is 0.917. The molecule has 1 amide bonds. The van der Waals surface area contributed by atoms with Gasteiger partial charge in [-0.25, -0.2) is 4.39 Å². The molecule has 0 aliphatic heterocycles. The number of halogens is 1. The minimum absolute atomic E-state index is 0.105. The third kappa shape index (κ3) is 5.65. The molecule has 0 saturated carbocycles. The molecule has 5 nitrogen and oxygen atoms in total. The number of amides is 1. The zero-order chi connectivity index (χ0) is 18.9. The third-order valence-corrected chi connectivity index (χ3v) is 3.93. The van der Waals surface area contributed by atoms with Crippen LogP contribution in [-0.4, -0.2) is 26.7 Å². The van der Waals surface area contributed by atoms with Crippen LogP contribution in [0.4, 0.5) is 4.39 Å². The van der Waals surface area contributed by atoms with Crippen molar-refractivity contribution in [2.24, 2.45) is 0 Å². The van der Waals surface area contributed by atoms with E-state index in [-0.39, 0.29) is 17.7 Å². The smallest absolute Gasteiger partial charge is 0.220 e. The molecular formula is C20H24FNO4. The largest absolute Gasteiger partial charge is 0.497 e. The maximum Gasteiger partial charge on any atom is 0.220 e. The van der Waals surface area contributed by atoms with Crippen LogP contribution in [0.2, 0.25) is 0 Å². The Morgan fingerprint density at radius 3 is 2.38 bits per heavy atom. The van der Waals surface area contributed by atoms with E-state index in [4.69, 9.17) is 14.2 Å². The Hall–Kier alpha value is -2.76. The molecule has 140 valence electrons. The van der Waals surface area contributed by atoms with Crippen LogP contribution >= 0.6 is 0 Å². The molecule has 2 aromatic rings. The summed E-state index contributed by atoms with van der Waals surface area (Å²) < 4.78 is 29.3. The van der Waals surface area contributed by atoms with Crippen LogP contribution in [0.1, 0.15) is 31.4 Å². The van der Waals surface area contributed by atoms with Crippen molar-refractivity contribution in [3.63, 3.8) is 0 Å². The molecule has 1 N–H and O–H groups in total. The average Bonchev–Trinajstić information content (AvgIpc) is 2.65. The maximum atomic E-state index is 13.7. The molecule has 0 aromatic heterocycles. The summed E-state index contributed by atoms with van der Waals surface area (Å²) in [6.45, 7) is 2.25. The van der Waals surface area contributed by atoms with Gasteiger partial charge >= 0.3 is 0 Å². The van der Waals surface area contributed by atoms with Crippen LogP contribution in [0.25, 0.3) is 0 Å². The summed E-state index contributed by atoms with van der Waals surface area (Å²) in [6, 6.07) is 11.6. The number of hydrogen-bond donors (Lipinski definition) is 1. The first-order valence-corrected chi connectivity index (χ1v) is 8.43. The van der Waals surface area contributed by atoms with E-state index in [1.807, 2.05) is 31.2 Å². The van der Waals surface area contributed by atoms with Gasteiger partial charge in [0.1, 0.15) is 11.5 Å². The Morgan fingerprint density at radius 2 is 1.77 bits per heavy atom. The molecule has 2 rings (SSSR count). The number of nitrogens with one attached hydrogen (secondary N) is 1. The molecule has 0 saturated heterocycles. The van der Waals surface area contributed by atoms with E-state index in [9.17, 15) is 9.18 Å². The van der Waals surface area contributed by atoms with Crippen LogP contribution < -0.4 is 19.5 Å². The minimum Gasteiger partial charge on any atom is -0.497 e. The summed E-state index contributed by atoms with van der Waals surface area (Å²) in [5, 5.41) is 2.86. The molecule has 1 atom stereocenters. The molecular weight excluding hydrogens is 337 g/mol. The van der Waals surface area contributed by atoms with Gasteiger partial charge in [-0.2, -0.15) is 0 Å². The number of rotatable bonds is 9. The summed E-state index contributed by atoms with van der Waals surface area (Å²) in [7, 11) is 3.02. The molecule has 26 heavy (non-hydrogen) atoms. The van der Waals surface area contributed by atoms with E-state index >= 15 is 0 Å². The van der Waals surface area contributed by atoms with Crippen LogP contribution in [-0.2, 0) is 4.79 Å². The molecule has 0 aliphatic carbocycles. The number of carbonyl (C=O) groups is 1. The van der Waals surface area contributed by atoms with Gasteiger partial charge in [-0.05, 0) is 55.3 Å². The van der Waals surface area contributed by atoms with Crippen molar-refractivity contribution in [1.82, 2.24) is 5.32 Å². The molecule has 6 heteroatoms. The number of methoxy groups -OCH3 is 2. The molecule has 0 spiro atoms. The second-order valence-electron chi connectivity index (χ2n) is 5.81. The standard InChI is InChI=1S/C20H24FNO4/c1-14(15-6-11-19(25-3)18(21)13-15)22-20(23)5-4-12-26-17-9-7-16(24-2)8-10-17/h6-11,13-14H,4-5,12H2,1-3H3,(H,22,23). The van der Waals surface area contributed by atoms with Crippen molar-refractivity contribution < 1.29 is 23.4 Å². The summed E-state index contributed by atoms with van der Waals surface area (Å²) in [4.78, 5) is 12.0. The van der Waals surface area contributed by atoms with Gasteiger partial charge < -0.3 is 19.5 Å². The van der Waals surface area contributed by atoms with Crippen molar-refractivity contribution in [2.75, 3.05) is 20.8 Å². The molecule has 1 unspecified atom stereocenters. The van der Waals surface area contributed by atoms with E-state index in [1.54, 1.807) is 19.2 Å². The van der Waals surface area contributed by atoms with Gasteiger partial charge in [0, 0.05) is 6.42 Å². The lowest BCUT2D eigenvalue weighted by molar-refractivity contribution is -0.121. The first-order valence-electron chi connectivity index (χ1n) is 8.43. The van der Waals surface area contributed by atoms with E-state index in [2.05, 4.69) is 5.32 Å².